The fourth-order valence-electron chi connectivity index (χ4n) is 1.71. The molecule has 0 bridgehead atoms. The smallest absolute Gasteiger partial charge is 0.235 e. The molecular weight excluding hydrogens is 262 g/mol. The van der Waals surface area contributed by atoms with Gasteiger partial charge >= 0.3 is 0 Å². The summed E-state index contributed by atoms with van der Waals surface area (Å²) < 4.78 is 23.8. The fraction of sp³-hybridized carbons (Fsp3) is 0.889. The highest BCUT2D eigenvalue weighted by molar-refractivity contribution is 8.01. The summed E-state index contributed by atoms with van der Waals surface area (Å²) in [5.41, 5.74) is 2.05. The predicted molar refractivity (Wildman–Crippen MR) is 69.1 cm³/mol. The molecule has 0 radical (unpaired) electrons. The zero-order chi connectivity index (χ0) is 12.9. The summed E-state index contributed by atoms with van der Waals surface area (Å²) in [5, 5.41) is -0.461. The van der Waals surface area contributed by atoms with Crippen molar-refractivity contribution in [1.82, 2.24) is 10.3 Å². The molecule has 1 heterocycles. The molecule has 1 unspecified atom stereocenters. The number of hydrazine groups is 1. The average molecular weight is 281 g/mol. The van der Waals surface area contributed by atoms with Gasteiger partial charge in [0.15, 0.2) is 9.84 Å². The predicted octanol–water partition coefficient (Wildman–Crippen LogP) is -0.824. The molecule has 0 aromatic carbocycles. The Labute approximate surface area is 106 Å². The lowest BCUT2D eigenvalue weighted by Gasteiger charge is -2.34. The molecule has 8 heteroatoms. The molecule has 1 fully saturated rings. The molecular formula is C9H19N3O3S2. The van der Waals surface area contributed by atoms with Gasteiger partial charge in [0.05, 0.1) is 0 Å². The number of hydrogen-bond acceptors (Lipinski definition) is 6. The molecule has 1 saturated heterocycles. The van der Waals surface area contributed by atoms with E-state index in [0.717, 1.165) is 5.75 Å². The normalized spacial score (nSPS) is 22.4. The van der Waals surface area contributed by atoms with Crippen molar-refractivity contribution >= 4 is 27.5 Å². The number of nitrogens with zero attached hydrogens (tertiary/aromatic N) is 1. The van der Waals surface area contributed by atoms with E-state index in [1.54, 1.807) is 18.7 Å². The molecule has 1 atom stereocenters. The van der Waals surface area contributed by atoms with Crippen molar-refractivity contribution in [3.8, 4) is 0 Å². The number of nitrogens with two attached hydrogens (primary N) is 1. The largest absolute Gasteiger partial charge is 0.294 e. The van der Waals surface area contributed by atoms with Gasteiger partial charge < -0.3 is 0 Å². The van der Waals surface area contributed by atoms with Crippen LogP contribution in [0.3, 0.4) is 0 Å². The third-order valence-corrected chi connectivity index (χ3v) is 6.13. The van der Waals surface area contributed by atoms with Crippen LogP contribution in [0.1, 0.15) is 13.3 Å². The molecule has 0 spiro atoms. The first-order valence-electron chi connectivity index (χ1n) is 5.54. The van der Waals surface area contributed by atoms with Crippen LogP contribution in [-0.4, -0.2) is 54.9 Å². The van der Waals surface area contributed by atoms with Crippen LogP contribution in [0.4, 0.5) is 0 Å². The van der Waals surface area contributed by atoms with Crippen LogP contribution in [0.2, 0.25) is 0 Å². The molecule has 1 aliphatic heterocycles. The minimum atomic E-state index is -3.08. The lowest BCUT2D eigenvalue weighted by Crippen LogP contribution is -2.49. The van der Waals surface area contributed by atoms with E-state index in [4.69, 9.17) is 5.84 Å². The number of thioether (sulfide) groups is 1. The lowest BCUT2D eigenvalue weighted by atomic mass is 10.3. The first kappa shape index (κ1) is 14.7. The van der Waals surface area contributed by atoms with Crippen molar-refractivity contribution in [3.63, 3.8) is 0 Å². The van der Waals surface area contributed by atoms with Crippen LogP contribution in [0.5, 0.6) is 0 Å². The van der Waals surface area contributed by atoms with Crippen LogP contribution in [0.25, 0.3) is 0 Å². The van der Waals surface area contributed by atoms with Crippen molar-refractivity contribution in [2.45, 2.75) is 18.7 Å². The minimum Gasteiger partial charge on any atom is -0.294 e. The number of sulfone groups is 1. The maximum Gasteiger partial charge on any atom is 0.235 e. The van der Waals surface area contributed by atoms with Gasteiger partial charge in [-0.1, -0.05) is 6.92 Å². The van der Waals surface area contributed by atoms with Crippen molar-refractivity contribution < 1.29 is 13.2 Å². The Balaban J connectivity index is 2.63. The molecule has 100 valence electrons. The van der Waals surface area contributed by atoms with Crippen LogP contribution in [-0.2, 0) is 14.6 Å². The molecule has 1 aliphatic rings. The highest BCUT2D eigenvalue weighted by Crippen LogP contribution is 2.21. The molecule has 1 rings (SSSR count). The van der Waals surface area contributed by atoms with Crippen LogP contribution >= 0.6 is 11.8 Å². The van der Waals surface area contributed by atoms with Crippen molar-refractivity contribution in [2.75, 3.05) is 30.3 Å². The van der Waals surface area contributed by atoms with Gasteiger partial charge in [0.2, 0.25) is 5.91 Å². The van der Waals surface area contributed by atoms with Gasteiger partial charge in [-0.05, 0) is 0 Å². The maximum absolute atomic E-state index is 11.9. The van der Waals surface area contributed by atoms with Gasteiger partial charge in [0.1, 0.15) is 5.37 Å². The van der Waals surface area contributed by atoms with E-state index in [1.807, 2.05) is 4.90 Å². The summed E-state index contributed by atoms with van der Waals surface area (Å²) in [6.45, 7) is 2.79. The van der Waals surface area contributed by atoms with E-state index >= 15 is 0 Å². The molecule has 0 aromatic rings. The first-order valence-corrected chi connectivity index (χ1v) is 8.41. The Hall–Kier alpha value is -0.310. The minimum absolute atomic E-state index is 0.137. The van der Waals surface area contributed by atoms with E-state index in [9.17, 15) is 13.2 Å². The summed E-state index contributed by atoms with van der Waals surface area (Å²) in [5.74, 6) is 6.35. The SMILES string of the molecule is CCS(=O)(=O)C1CSCCN1CCC(=O)NN. The standard InChI is InChI=1S/C9H19N3O3S2/c1-2-17(14,15)9-7-16-6-5-12(9)4-3-8(13)11-10/h9H,2-7,10H2,1H3,(H,11,13). The Bertz CT molecular complexity index is 358. The van der Waals surface area contributed by atoms with Gasteiger partial charge in [-0.2, -0.15) is 11.8 Å². The molecule has 1 amide bonds. The first-order chi connectivity index (χ1) is 8.01. The Morgan fingerprint density at radius 3 is 2.88 bits per heavy atom. The fourth-order valence-corrected chi connectivity index (χ4v) is 4.82. The Kier molecular flexibility index (Phi) is 5.71. The number of carbonyl (C=O) groups excluding carboxylic acids is 1. The van der Waals surface area contributed by atoms with E-state index in [-0.39, 0.29) is 18.1 Å². The van der Waals surface area contributed by atoms with Gasteiger partial charge in [-0.25, -0.2) is 14.3 Å². The van der Waals surface area contributed by atoms with Gasteiger partial charge in [-0.3, -0.25) is 15.1 Å². The highest BCUT2D eigenvalue weighted by Gasteiger charge is 2.32. The topological polar surface area (TPSA) is 92.5 Å². The monoisotopic (exact) mass is 281 g/mol. The number of carbonyl (C=O) groups is 1. The lowest BCUT2D eigenvalue weighted by molar-refractivity contribution is -0.121. The third-order valence-electron chi connectivity index (χ3n) is 2.79. The molecule has 3 N–H and O–H groups in total. The van der Waals surface area contributed by atoms with E-state index in [0.29, 0.717) is 18.8 Å². The molecule has 0 saturated carbocycles. The van der Waals surface area contributed by atoms with E-state index < -0.39 is 15.2 Å². The van der Waals surface area contributed by atoms with Crippen molar-refractivity contribution in [2.24, 2.45) is 5.84 Å². The summed E-state index contributed by atoms with van der Waals surface area (Å²) in [6.07, 6.45) is 0.233. The second-order valence-electron chi connectivity index (χ2n) is 3.83. The third kappa shape index (κ3) is 4.13. The highest BCUT2D eigenvalue weighted by atomic mass is 32.2. The summed E-state index contributed by atoms with van der Waals surface area (Å²) >= 11 is 1.64. The number of nitrogens with one attached hydrogen (secondary N) is 1. The number of amides is 1. The Morgan fingerprint density at radius 2 is 2.29 bits per heavy atom. The van der Waals surface area contributed by atoms with Gasteiger partial charge in [-0.15, -0.1) is 0 Å². The number of rotatable bonds is 5. The summed E-state index contributed by atoms with van der Waals surface area (Å²) in [4.78, 5) is 12.9. The quantitative estimate of drug-likeness (QED) is 0.388. The van der Waals surface area contributed by atoms with Crippen LogP contribution in [0, 0.1) is 0 Å². The van der Waals surface area contributed by atoms with Crippen LogP contribution < -0.4 is 11.3 Å². The summed E-state index contributed by atoms with van der Waals surface area (Å²) in [7, 11) is -3.08. The van der Waals surface area contributed by atoms with Gasteiger partial charge in [0, 0.05) is 36.8 Å². The zero-order valence-electron chi connectivity index (χ0n) is 9.89. The van der Waals surface area contributed by atoms with Crippen molar-refractivity contribution in [3.05, 3.63) is 0 Å². The van der Waals surface area contributed by atoms with E-state index in [2.05, 4.69) is 5.43 Å². The second-order valence-corrected chi connectivity index (χ2v) is 7.43. The Morgan fingerprint density at radius 1 is 1.59 bits per heavy atom. The van der Waals surface area contributed by atoms with Gasteiger partial charge in [0.25, 0.3) is 0 Å². The molecule has 0 aliphatic carbocycles. The molecule has 17 heavy (non-hydrogen) atoms. The average Bonchev–Trinajstić information content (AvgIpc) is 2.36. The zero-order valence-corrected chi connectivity index (χ0v) is 11.5. The maximum atomic E-state index is 11.9. The molecule has 0 aromatic heterocycles. The number of hydrogen-bond donors (Lipinski definition) is 2. The summed E-state index contributed by atoms with van der Waals surface area (Å²) in [6, 6.07) is 0. The van der Waals surface area contributed by atoms with Crippen LogP contribution in [0.15, 0.2) is 0 Å². The van der Waals surface area contributed by atoms with Crippen molar-refractivity contribution in [1.29, 1.82) is 0 Å². The van der Waals surface area contributed by atoms with E-state index in [1.165, 1.54) is 0 Å². The second kappa shape index (κ2) is 6.58. The molecule has 6 nitrogen and oxygen atoms in total.